The smallest absolute Gasteiger partial charge is 0.339 e. The van der Waals surface area contributed by atoms with Crippen molar-refractivity contribution in [3.8, 4) is 5.75 Å². The molecule has 0 radical (unpaired) electrons. The van der Waals surface area contributed by atoms with Gasteiger partial charge in [0.25, 0.3) is 5.91 Å². The van der Waals surface area contributed by atoms with Gasteiger partial charge in [0.1, 0.15) is 5.56 Å². The molecule has 1 aromatic carbocycles. The summed E-state index contributed by atoms with van der Waals surface area (Å²) in [7, 11) is 0. The van der Waals surface area contributed by atoms with Gasteiger partial charge in [-0.2, -0.15) is 5.48 Å². The Labute approximate surface area is 85.9 Å². The zero-order valence-corrected chi connectivity index (χ0v) is 7.77. The molecule has 5 heteroatoms. The maximum Gasteiger partial charge on any atom is 0.339 e. The molecule has 0 aromatic heterocycles. The molecule has 2 N–H and O–H groups in total. The summed E-state index contributed by atoms with van der Waals surface area (Å²) in [6.07, 6.45) is 1.02. The van der Waals surface area contributed by atoms with Crippen molar-refractivity contribution in [3.63, 3.8) is 0 Å². The van der Waals surface area contributed by atoms with Crippen LogP contribution in [0.3, 0.4) is 0 Å². The average Bonchev–Trinajstić information content (AvgIpc) is 2.26. The molecular formula is C10H9NO4. The number of carbonyl (C=O) groups is 2. The molecule has 0 saturated heterocycles. The zero-order chi connectivity index (χ0) is 11.3. The van der Waals surface area contributed by atoms with Gasteiger partial charge in [-0.25, -0.2) is 4.79 Å². The van der Waals surface area contributed by atoms with Gasteiger partial charge < -0.3 is 9.94 Å². The first-order chi connectivity index (χ1) is 7.15. The summed E-state index contributed by atoms with van der Waals surface area (Å²) in [5, 5.41) is 8.78. The van der Waals surface area contributed by atoms with Gasteiger partial charge in [0.2, 0.25) is 0 Å². The molecule has 0 atom stereocenters. The average molecular weight is 207 g/mol. The van der Waals surface area contributed by atoms with Crippen LogP contribution in [0.1, 0.15) is 10.4 Å². The number of carboxylic acids is 1. The number of benzene rings is 1. The Morgan fingerprint density at radius 3 is 2.67 bits per heavy atom. The molecule has 1 aromatic rings. The third-order valence-corrected chi connectivity index (χ3v) is 1.56. The Hall–Kier alpha value is -2.30. The van der Waals surface area contributed by atoms with Gasteiger partial charge in [0, 0.05) is 0 Å². The lowest BCUT2D eigenvalue weighted by Crippen LogP contribution is -2.25. The molecule has 0 heterocycles. The highest BCUT2D eigenvalue weighted by atomic mass is 16.7. The van der Waals surface area contributed by atoms with Crippen molar-refractivity contribution in [1.29, 1.82) is 0 Å². The molecule has 0 aliphatic carbocycles. The molecule has 1 amide bonds. The van der Waals surface area contributed by atoms with Crippen molar-refractivity contribution in [2.75, 3.05) is 0 Å². The van der Waals surface area contributed by atoms with E-state index in [1.54, 1.807) is 12.1 Å². The molecule has 0 fully saturated rings. The van der Waals surface area contributed by atoms with E-state index in [2.05, 4.69) is 6.58 Å². The Morgan fingerprint density at radius 1 is 1.40 bits per heavy atom. The summed E-state index contributed by atoms with van der Waals surface area (Å²) in [5.41, 5.74) is 2.00. The van der Waals surface area contributed by atoms with Crippen molar-refractivity contribution in [2.45, 2.75) is 0 Å². The van der Waals surface area contributed by atoms with Gasteiger partial charge in [0.15, 0.2) is 5.75 Å². The lowest BCUT2D eigenvalue weighted by atomic mass is 10.2. The van der Waals surface area contributed by atoms with E-state index in [9.17, 15) is 9.59 Å². The standard InChI is InChI=1S/C10H9NO4/c1-2-9(12)11-15-8-6-4-3-5-7(8)10(13)14/h2-6H,1H2,(H,11,12)(H,13,14). The topological polar surface area (TPSA) is 75.6 Å². The Morgan fingerprint density at radius 2 is 2.07 bits per heavy atom. The normalized spacial score (nSPS) is 9.07. The number of hydroxylamine groups is 1. The predicted octanol–water partition coefficient (Wildman–Crippen LogP) is 0.981. The second-order valence-corrected chi connectivity index (χ2v) is 2.57. The molecule has 5 nitrogen and oxygen atoms in total. The van der Waals surface area contributed by atoms with Crippen LogP contribution in [0.5, 0.6) is 5.75 Å². The van der Waals surface area contributed by atoms with Crippen LogP contribution >= 0.6 is 0 Å². The monoisotopic (exact) mass is 207 g/mol. The number of aromatic carboxylic acids is 1. The summed E-state index contributed by atoms with van der Waals surface area (Å²) >= 11 is 0. The molecule has 0 bridgehead atoms. The second-order valence-electron chi connectivity index (χ2n) is 2.57. The summed E-state index contributed by atoms with van der Waals surface area (Å²) in [6.45, 7) is 3.22. The molecular weight excluding hydrogens is 198 g/mol. The molecule has 0 saturated carbocycles. The fraction of sp³-hybridized carbons (Fsp3) is 0. The third-order valence-electron chi connectivity index (χ3n) is 1.56. The lowest BCUT2D eigenvalue weighted by Gasteiger charge is -2.06. The van der Waals surface area contributed by atoms with E-state index in [0.29, 0.717) is 0 Å². The molecule has 0 unspecified atom stereocenters. The Kier molecular flexibility index (Phi) is 3.45. The largest absolute Gasteiger partial charge is 0.478 e. The second kappa shape index (κ2) is 4.80. The first-order valence-corrected chi connectivity index (χ1v) is 4.06. The van der Waals surface area contributed by atoms with Crippen LogP contribution in [-0.4, -0.2) is 17.0 Å². The number of rotatable bonds is 4. The van der Waals surface area contributed by atoms with Gasteiger partial charge in [-0.3, -0.25) is 4.79 Å². The highest BCUT2D eigenvalue weighted by Crippen LogP contribution is 2.16. The Balaban J connectivity index is 2.80. The minimum Gasteiger partial charge on any atom is -0.478 e. The number of nitrogens with one attached hydrogen (secondary N) is 1. The van der Waals surface area contributed by atoms with E-state index < -0.39 is 11.9 Å². The van der Waals surface area contributed by atoms with E-state index in [0.717, 1.165) is 6.08 Å². The highest BCUT2D eigenvalue weighted by molar-refractivity contribution is 5.91. The number of carboxylic acid groups (broad SMARTS) is 1. The first-order valence-electron chi connectivity index (χ1n) is 4.06. The fourth-order valence-corrected chi connectivity index (χ4v) is 0.879. The fourth-order valence-electron chi connectivity index (χ4n) is 0.879. The molecule has 78 valence electrons. The number of carbonyl (C=O) groups excluding carboxylic acids is 1. The highest BCUT2D eigenvalue weighted by Gasteiger charge is 2.10. The van der Waals surface area contributed by atoms with Crippen LogP contribution < -0.4 is 10.3 Å². The van der Waals surface area contributed by atoms with Crippen molar-refractivity contribution < 1.29 is 19.5 Å². The SMILES string of the molecule is C=CC(=O)NOc1ccccc1C(=O)O. The van der Waals surface area contributed by atoms with Crippen LogP contribution in [-0.2, 0) is 4.79 Å². The first kappa shape index (κ1) is 10.8. The van der Waals surface area contributed by atoms with Crippen LogP contribution in [0.4, 0.5) is 0 Å². The molecule has 15 heavy (non-hydrogen) atoms. The van der Waals surface area contributed by atoms with Crippen molar-refractivity contribution in [2.24, 2.45) is 0 Å². The van der Waals surface area contributed by atoms with E-state index in [4.69, 9.17) is 9.94 Å². The summed E-state index contributed by atoms with van der Waals surface area (Å²) in [6, 6.07) is 5.97. The maximum atomic E-state index is 10.8. The Bertz CT molecular complexity index is 400. The van der Waals surface area contributed by atoms with E-state index in [-0.39, 0.29) is 11.3 Å². The molecule has 0 spiro atoms. The van der Waals surface area contributed by atoms with Gasteiger partial charge in [-0.05, 0) is 18.2 Å². The van der Waals surface area contributed by atoms with E-state index in [1.807, 2.05) is 5.48 Å². The van der Waals surface area contributed by atoms with Crippen molar-refractivity contribution in [1.82, 2.24) is 5.48 Å². The summed E-state index contributed by atoms with van der Waals surface area (Å²) in [5.74, 6) is -1.60. The van der Waals surface area contributed by atoms with E-state index >= 15 is 0 Å². The van der Waals surface area contributed by atoms with Crippen LogP contribution in [0.25, 0.3) is 0 Å². The van der Waals surface area contributed by atoms with Crippen molar-refractivity contribution >= 4 is 11.9 Å². The molecule has 0 aliphatic rings. The zero-order valence-electron chi connectivity index (χ0n) is 7.77. The molecule has 1 rings (SSSR count). The van der Waals surface area contributed by atoms with Crippen molar-refractivity contribution in [3.05, 3.63) is 42.5 Å². The minimum absolute atomic E-state index is 0.0261. The minimum atomic E-state index is -1.13. The number of para-hydroxylation sites is 1. The lowest BCUT2D eigenvalue weighted by molar-refractivity contribution is -0.122. The van der Waals surface area contributed by atoms with Gasteiger partial charge >= 0.3 is 5.97 Å². The van der Waals surface area contributed by atoms with Gasteiger partial charge in [-0.15, -0.1) is 0 Å². The van der Waals surface area contributed by atoms with Crippen LogP contribution in [0.2, 0.25) is 0 Å². The van der Waals surface area contributed by atoms with Crippen LogP contribution in [0, 0.1) is 0 Å². The van der Waals surface area contributed by atoms with Gasteiger partial charge in [0.05, 0.1) is 0 Å². The third kappa shape index (κ3) is 2.84. The number of hydrogen-bond donors (Lipinski definition) is 2. The quantitative estimate of drug-likeness (QED) is 0.570. The maximum absolute atomic E-state index is 10.8. The molecule has 0 aliphatic heterocycles. The summed E-state index contributed by atoms with van der Waals surface area (Å²) < 4.78 is 0. The van der Waals surface area contributed by atoms with E-state index in [1.165, 1.54) is 12.1 Å². The van der Waals surface area contributed by atoms with Crippen LogP contribution in [0.15, 0.2) is 36.9 Å². The summed E-state index contributed by atoms with van der Waals surface area (Å²) in [4.78, 5) is 26.3. The number of hydrogen-bond acceptors (Lipinski definition) is 3. The predicted molar refractivity (Wildman–Crippen MR) is 52.4 cm³/mol. The number of amides is 1. The van der Waals surface area contributed by atoms with Gasteiger partial charge in [-0.1, -0.05) is 18.7 Å².